The van der Waals surface area contributed by atoms with Gasteiger partial charge < -0.3 is 14.8 Å². The summed E-state index contributed by atoms with van der Waals surface area (Å²) in [7, 11) is 0. The third-order valence-corrected chi connectivity index (χ3v) is 4.63. The number of nitrogens with zero attached hydrogens (tertiary/aromatic N) is 3. The first-order valence-electron chi connectivity index (χ1n) is 8.33. The van der Waals surface area contributed by atoms with Gasteiger partial charge in [-0.25, -0.2) is 9.37 Å². The predicted molar refractivity (Wildman–Crippen MR) is 95.2 cm³/mol. The second-order valence-corrected chi connectivity index (χ2v) is 6.25. The smallest absolute Gasteiger partial charge is 0.258 e. The van der Waals surface area contributed by atoms with Crippen molar-refractivity contribution in [2.75, 3.05) is 11.9 Å². The molecule has 6 nitrogen and oxygen atoms in total. The van der Waals surface area contributed by atoms with Gasteiger partial charge in [-0.15, -0.1) is 0 Å². The summed E-state index contributed by atoms with van der Waals surface area (Å²) in [6, 6.07) is 9.25. The number of carbonyl (C=O) groups excluding carboxylic acids is 2. The number of pyridine rings is 1. The molecule has 132 valence electrons. The minimum absolute atomic E-state index is 0.0284. The van der Waals surface area contributed by atoms with Gasteiger partial charge >= 0.3 is 0 Å². The van der Waals surface area contributed by atoms with Crippen molar-refractivity contribution in [1.29, 1.82) is 0 Å². The van der Waals surface area contributed by atoms with Crippen molar-refractivity contribution in [2.24, 2.45) is 0 Å². The predicted octanol–water partition coefficient (Wildman–Crippen LogP) is 2.79. The maximum Gasteiger partial charge on any atom is 0.258 e. The maximum atomic E-state index is 13.1. The van der Waals surface area contributed by atoms with Gasteiger partial charge in [0.1, 0.15) is 11.5 Å². The lowest BCUT2D eigenvalue weighted by atomic mass is 10.1. The number of anilines is 1. The first kappa shape index (κ1) is 16.3. The van der Waals surface area contributed by atoms with Gasteiger partial charge in [-0.05, 0) is 36.4 Å². The molecule has 0 saturated heterocycles. The molecule has 3 heterocycles. The summed E-state index contributed by atoms with van der Waals surface area (Å²) in [5.41, 5.74) is 2.51. The first-order valence-corrected chi connectivity index (χ1v) is 8.33. The molecule has 0 saturated carbocycles. The van der Waals surface area contributed by atoms with E-state index in [4.69, 9.17) is 0 Å². The van der Waals surface area contributed by atoms with Crippen molar-refractivity contribution in [3.05, 3.63) is 59.7 Å². The number of fused-ring (bicyclic) bond motifs is 3. The Morgan fingerprint density at radius 2 is 1.92 bits per heavy atom. The van der Waals surface area contributed by atoms with Crippen LogP contribution in [-0.4, -0.2) is 32.8 Å². The highest BCUT2D eigenvalue weighted by Crippen LogP contribution is 2.29. The van der Waals surface area contributed by atoms with Crippen LogP contribution < -0.4 is 5.32 Å². The summed E-state index contributed by atoms with van der Waals surface area (Å²) in [5, 5.41) is 3.55. The molecule has 4 rings (SSSR count). The van der Waals surface area contributed by atoms with Crippen LogP contribution in [0.25, 0.3) is 11.0 Å². The summed E-state index contributed by atoms with van der Waals surface area (Å²) in [6.45, 7) is 3.06. The maximum absolute atomic E-state index is 13.1. The largest absolute Gasteiger partial charge is 0.335 e. The Morgan fingerprint density at radius 3 is 2.65 bits per heavy atom. The molecule has 26 heavy (non-hydrogen) atoms. The van der Waals surface area contributed by atoms with E-state index in [0.29, 0.717) is 30.9 Å². The zero-order valence-corrected chi connectivity index (χ0v) is 14.2. The number of hydrogen-bond donors (Lipinski definition) is 1. The quantitative estimate of drug-likeness (QED) is 0.771. The number of rotatable bonds is 2. The van der Waals surface area contributed by atoms with Crippen molar-refractivity contribution in [1.82, 2.24) is 14.5 Å². The van der Waals surface area contributed by atoms with Crippen LogP contribution in [0.15, 0.2) is 42.6 Å². The number of carbonyl (C=O) groups is 2. The molecule has 0 aliphatic carbocycles. The van der Waals surface area contributed by atoms with Gasteiger partial charge in [0.2, 0.25) is 5.91 Å². The first-order chi connectivity index (χ1) is 12.5. The number of halogens is 1. The Labute approximate surface area is 149 Å². The van der Waals surface area contributed by atoms with E-state index in [2.05, 4.69) is 10.3 Å². The van der Waals surface area contributed by atoms with E-state index in [1.807, 2.05) is 10.6 Å². The van der Waals surface area contributed by atoms with Crippen molar-refractivity contribution < 1.29 is 14.0 Å². The average molecular weight is 352 g/mol. The molecule has 3 aromatic rings. The molecule has 1 aliphatic heterocycles. The highest BCUT2D eigenvalue weighted by Gasteiger charge is 2.28. The minimum atomic E-state index is -0.365. The monoisotopic (exact) mass is 352 g/mol. The van der Waals surface area contributed by atoms with Crippen LogP contribution in [0.4, 0.5) is 10.1 Å². The third kappa shape index (κ3) is 2.71. The molecular formula is C19H17FN4O2. The zero-order valence-electron chi connectivity index (χ0n) is 14.2. The van der Waals surface area contributed by atoms with Gasteiger partial charge in [-0.3, -0.25) is 9.59 Å². The molecule has 0 fully saturated rings. The molecule has 0 bridgehead atoms. The van der Waals surface area contributed by atoms with Gasteiger partial charge in [0.05, 0.1) is 17.8 Å². The van der Waals surface area contributed by atoms with Crippen molar-refractivity contribution in [3.8, 4) is 0 Å². The van der Waals surface area contributed by atoms with Crippen molar-refractivity contribution in [2.45, 2.75) is 20.0 Å². The number of benzene rings is 1. The lowest BCUT2D eigenvalue weighted by molar-refractivity contribution is -0.130. The Kier molecular flexibility index (Phi) is 3.91. The number of aromatic nitrogens is 2. The van der Waals surface area contributed by atoms with E-state index < -0.39 is 0 Å². The van der Waals surface area contributed by atoms with E-state index in [9.17, 15) is 14.0 Å². The van der Waals surface area contributed by atoms with Crippen LogP contribution in [-0.2, 0) is 17.9 Å². The van der Waals surface area contributed by atoms with E-state index in [0.717, 1.165) is 16.7 Å². The second-order valence-electron chi connectivity index (χ2n) is 6.25. The highest BCUT2D eigenvalue weighted by atomic mass is 19.1. The topological polar surface area (TPSA) is 67.2 Å². The second kappa shape index (κ2) is 6.25. The van der Waals surface area contributed by atoms with E-state index >= 15 is 0 Å². The van der Waals surface area contributed by atoms with Gasteiger partial charge in [-0.2, -0.15) is 0 Å². The van der Waals surface area contributed by atoms with Crippen LogP contribution in [0.2, 0.25) is 0 Å². The molecule has 0 spiro atoms. The van der Waals surface area contributed by atoms with Crippen molar-refractivity contribution in [3.63, 3.8) is 0 Å². The molecule has 1 N–H and O–H groups in total. The summed E-state index contributed by atoms with van der Waals surface area (Å²) in [5.74, 6) is -0.691. The van der Waals surface area contributed by atoms with Crippen LogP contribution in [0.5, 0.6) is 0 Å². The molecule has 7 heteroatoms. The molecule has 0 radical (unpaired) electrons. The standard InChI is InChI=1S/C19H17FN4O2/c1-12(25)23-9-10-24-16(11-23)17(15-3-2-8-21-18(15)24)19(26)22-14-6-4-13(20)5-7-14/h2-8H,9-11H2,1H3,(H,22,26). The SMILES string of the molecule is CC(=O)N1CCn2c(c(C(=O)Nc3ccc(F)cc3)c3cccnc32)C1. The summed E-state index contributed by atoms with van der Waals surface area (Å²) in [6.07, 6.45) is 1.69. The Balaban J connectivity index is 1.78. The molecule has 1 aromatic carbocycles. The molecular weight excluding hydrogens is 335 g/mol. The Bertz CT molecular complexity index is 1010. The Morgan fingerprint density at radius 1 is 1.15 bits per heavy atom. The fourth-order valence-electron chi connectivity index (χ4n) is 3.36. The number of nitrogens with one attached hydrogen (secondary N) is 1. The molecule has 1 aliphatic rings. The van der Waals surface area contributed by atoms with Crippen LogP contribution in [0.1, 0.15) is 23.0 Å². The van der Waals surface area contributed by atoms with E-state index in [1.165, 1.54) is 31.2 Å². The number of hydrogen-bond acceptors (Lipinski definition) is 3. The third-order valence-electron chi connectivity index (χ3n) is 4.63. The fourth-order valence-corrected chi connectivity index (χ4v) is 3.36. The lowest BCUT2D eigenvalue weighted by Gasteiger charge is -2.28. The number of amides is 2. The summed E-state index contributed by atoms with van der Waals surface area (Å²) in [4.78, 5) is 30.9. The van der Waals surface area contributed by atoms with Crippen LogP contribution in [0, 0.1) is 5.82 Å². The zero-order chi connectivity index (χ0) is 18.3. The van der Waals surface area contributed by atoms with Crippen molar-refractivity contribution >= 4 is 28.5 Å². The van der Waals surface area contributed by atoms with Gasteiger partial charge in [0.15, 0.2) is 0 Å². The molecule has 0 atom stereocenters. The molecule has 0 unspecified atom stereocenters. The highest BCUT2D eigenvalue weighted by molar-refractivity contribution is 6.13. The summed E-state index contributed by atoms with van der Waals surface area (Å²) < 4.78 is 15.1. The van der Waals surface area contributed by atoms with Crippen LogP contribution >= 0.6 is 0 Å². The fraction of sp³-hybridized carbons (Fsp3) is 0.211. The lowest BCUT2D eigenvalue weighted by Crippen LogP contribution is -2.37. The van der Waals surface area contributed by atoms with Gasteiger partial charge in [0.25, 0.3) is 5.91 Å². The normalized spacial score (nSPS) is 13.5. The molecule has 2 aromatic heterocycles. The average Bonchev–Trinajstić information content (AvgIpc) is 2.97. The Hall–Kier alpha value is -3.22. The minimum Gasteiger partial charge on any atom is -0.335 e. The van der Waals surface area contributed by atoms with E-state index in [-0.39, 0.29) is 17.6 Å². The van der Waals surface area contributed by atoms with E-state index in [1.54, 1.807) is 17.2 Å². The molecule has 2 amide bonds. The van der Waals surface area contributed by atoms with Gasteiger partial charge in [-0.1, -0.05) is 0 Å². The van der Waals surface area contributed by atoms with Crippen LogP contribution in [0.3, 0.4) is 0 Å². The summed E-state index contributed by atoms with van der Waals surface area (Å²) >= 11 is 0. The van der Waals surface area contributed by atoms with Gasteiger partial charge in [0, 0.05) is 37.3 Å².